The maximum atomic E-state index is 13.1. The van der Waals surface area contributed by atoms with E-state index in [-0.39, 0.29) is 24.0 Å². The van der Waals surface area contributed by atoms with E-state index in [9.17, 15) is 18.0 Å². The molecule has 0 spiro atoms. The summed E-state index contributed by atoms with van der Waals surface area (Å²) in [5, 5.41) is 0. The van der Waals surface area contributed by atoms with Gasteiger partial charge in [0.2, 0.25) is 0 Å². The molecule has 146 valence electrons. The van der Waals surface area contributed by atoms with Crippen LogP contribution in [0.15, 0.2) is 24.3 Å². The zero-order valence-corrected chi connectivity index (χ0v) is 15.1. The lowest BCUT2D eigenvalue weighted by molar-refractivity contribution is -0.180. The second kappa shape index (κ2) is 6.47. The zero-order valence-electron chi connectivity index (χ0n) is 15.1. The third kappa shape index (κ3) is 3.45. The van der Waals surface area contributed by atoms with Gasteiger partial charge >= 0.3 is 6.18 Å². The number of hydrogen-bond donors (Lipinski definition) is 1. The number of fused-ring (bicyclic) bond motifs is 1. The third-order valence-electron chi connectivity index (χ3n) is 4.80. The number of nitrogens with zero attached hydrogens (tertiary/aromatic N) is 2. The summed E-state index contributed by atoms with van der Waals surface area (Å²) in [7, 11) is 0. The molecule has 1 atom stereocenters. The minimum absolute atomic E-state index is 0.161. The largest absolute Gasteiger partial charge is 0.490 e. The Morgan fingerprint density at radius 1 is 1.33 bits per heavy atom. The number of nitrogens with two attached hydrogens (primary N) is 1. The lowest BCUT2D eigenvalue weighted by atomic mass is 9.84. The fraction of sp³-hybridized carbons (Fsp3) is 0.444. The SMILES string of the molecule is Cc1c(C(N)=O)nc2n1CC(COc1ccc(C(C)(C)C(F)(F)F)cc1)O2. The number of carbonyl (C=O) groups is 1. The van der Waals surface area contributed by atoms with Crippen LogP contribution in [0.1, 0.15) is 35.6 Å². The molecule has 0 saturated carbocycles. The second-order valence-electron chi connectivity index (χ2n) is 7.00. The summed E-state index contributed by atoms with van der Waals surface area (Å²) in [6.45, 7) is 4.64. The number of ether oxygens (including phenoxy) is 2. The van der Waals surface area contributed by atoms with Crippen LogP contribution in [-0.4, -0.2) is 34.3 Å². The van der Waals surface area contributed by atoms with Crippen molar-refractivity contribution < 1.29 is 27.4 Å². The van der Waals surface area contributed by atoms with Gasteiger partial charge in [-0.25, -0.2) is 0 Å². The van der Waals surface area contributed by atoms with Crippen molar-refractivity contribution in [2.24, 2.45) is 5.73 Å². The quantitative estimate of drug-likeness (QED) is 0.861. The maximum Gasteiger partial charge on any atom is 0.397 e. The van der Waals surface area contributed by atoms with Crippen LogP contribution in [0.4, 0.5) is 13.2 Å². The molecule has 6 nitrogen and oxygen atoms in total. The summed E-state index contributed by atoms with van der Waals surface area (Å²) in [6, 6.07) is 6.14. The van der Waals surface area contributed by atoms with E-state index >= 15 is 0 Å². The summed E-state index contributed by atoms with van der Waals surface area (Å²) >= 11 is 0. The number of imidazole rings is 1. The molecule has 2 aromatic rings. The molecule has 9 heteroatoms. The molecule has 1 aliphatic rings. The predicted molar refractivity (Wildman–Crippen MR) is 90.9 cm³/mol. The number of primary amides is 1. The first kappa shape index (κ1) is 19.1. The molecule has 1 aromatic heterocycles. The molecule has 0 radical (unpaired) electrons. The highest BCUT2D eigenvalue weighted by Gasteiger charge is 2.48. The Labute approximate surface area is 154 Å². The van der Waals surface area contributed by atoms with Crippen LogP contribution in [0.5, 0.6) is 11.8 Å². The number of aromatic nitrogens is 2. The number of hydrogen-bond acceptors (Lipinski definition) is 4. The lowest BCUT2D eigenvalue weighted by Gasteiger charge is -2.28. The Bertz CT molecular complexity index is 857. The van der Waals surface area contributed by atoms with Gasteiger partial charge in [0.1, 0.15) is 12.4 Å². The maximum absolute atomic E-state index is 13.1. The van der Waals surface area contributed by atoms with Crippen molar-refractivity contribution in [1.29, 1.82) is 0 Å². The Hall–Kier alpha value is -2.71. The minimum atomic E-state index is -4.34. The molecule has 2 heterocycles. The summed E-state index contributed by atoms with van der Waals surface area (Å²) < 4.78 is 52.3. The van der Waals surface area contributed by atoms with Gasteiger partial charge in [-0.3, -0.25) is 9.36 Å². The fourth-order valence-electron chi connectivity index (χ4n) is 2.84. The molecule has 3 rings (SSSR count). The lowest BCUT2D eigenvalue weighted by Crippen LogP contribution is -2.36. The van der Waals surface area contributed by atoms with Crippen molar-refractivity contribution in [3.63, 3.8) is 0 Å². The average molecular weight is 383 g/mol. The molecular weight excluding hydrogens is 363 g/mol. The fourth-order valence-corrected chi connectivity index (χ4v) is 2.84. The molecule has 1 amide bonds. The Balaban J connectivity index is 1.61. The predicted octanol–water partition coefficient (Wildman–Crippen LogP) is 2.97. The topological polar surface area (TPSA) is 79.4 Å². The molecular formula is C18H20F3N3O3. The van der Waals surface area contributed by atoms with Gasteiger partial charge in [0, 0.05) is 0 Å². The second-order valence-corrected chi connectivity index (χ2v) is 7.00. The molecule has 0 aliphatic carbocycles. The van der Waals surface area contributed by atoms with E-state index < -0.39 is 17.5 Å². The van der Waals surface area contributed by atoms with Gasteiger partial charge in [-0.1, -0.05) is 12.1 Å². The summed E-state index contributed by atoms with van der Waals surface area (Å²) in [5.41, 5.74) is 4.27. The summed E-state index contributed by atoms with van der Waals surface area (Å²) in [6.07, 6.45) is -4.66. The van der Waals surface area contributed by atoms with Crippen molar-refractivity contribution in [2.45, 2.75) is 45.0 Å². The van der Waals surface area contributed by atoms with E-state index in [1.54, 1.807) is 11.5 Å². The van der Waals surface area contributed by atoms with Crippen molar-refractivity contribution in [1.82, 2.24) is 9.55 Å². The molecule has 1 aliphatic heterocycles. The monoisotopic (exact) mass is 383 g/mol. The van der Waals surface area contributed by atoms with Gasteiger partial charge in [-0.05, 0) is 38.5 Å². The van der Waals surface area contributed by atoms with Gasteiger partial charge in [-0.15, -0.1) is 0 Å². The molecule has 2 N–H and O–H groups in total. The summed E-state index contributed by atoms with van der Waals surface area (Å²) in [4.78, 5) is 15.3. The van der Waals surface area contributed by atoms with Crippen LogP contribution in [-0.2, 0) is 12.0 Å². The molecule has 0 fully saturated rings. The van der Waals surface area contributed by atoms with E-state index in [0.717, 1.165) is 13.8 Å². The number of amides is 1. The van der Waals surface area contributed by atoms with E-state index in [4.69, 9.17) is 15.2 Å². The standard InChI is InChI=1S/C18H20F3N3O3/c1-10-14(15(22)25)23-16-24(10)8-13(27-16)9-26-12-6-4-11(5-7-12)17(2,3)18(19,20)21/h4-7,13H,8-9H2,1-3H3,(H2,22,25). The number of carbonyl (C=O) groups excluding carboxylic acids is 1. The van der Waals surface area contributed by atoms with Crippen molar-refractivity contribution in [3.8, 4) is 11.8 Å². The van der Waals surface area contributed by atoms with E-state index in [1.807, 2.05) is 0 Å². The highest BCUT2D eigenvalue weighted by Crippen LogP contribution is 2.40. The highest BCUT2D eigenvalue weighted by atomic mass is 19.4. The highest BCUT2D eigenvalue weighted by molar-refractivity contribution is 5.92. The molecule has 1 aromatic carbocycles. The van der Waals surface area contributed by atoms with Crippen LogP contribution < -0.4 is 15.2 Å². The Morgan fingerprint density at radius 2 is 1.96 bits per heavy atom. The van der Waals surface area contributed by atoms with Crippen LogP contribution in [0.2, 0.25) is 0 Å². The first-order valence-electron chi connectivity index (χ1n) is 8.34. The smallest absolute Gasteiger partial charge is 0.397 e. The minimum Gasteiger partial charge on any atom is -0.490 e. The van der Waals surface area contributed by atoms with Crippen molar-refractivity contribution >= 4 is 5.91 Å². The van der Waals surface area contributed by atoms with Gasteiger partial charge in [0.25, 0.3) is 11.9 Å². The van der Waals surface area contributed by atoms with Crippen LogP contribution in [0.25, 0.3) is 0 Å². The van der Waals surface area contributed by atoms with Crippen molar-refractivity contribution in [3.05, 3.63) is 41.2 Å². The number of benzene rings is 1. The first-order valence-corrected chi connectivity index (χ1v) is 8.34. The van der Waals surface area contributed by atoms with E-state index in [0.29, 0.717) is 24.0 Å². The molecule has 0 saturated heterocycles. The molecule has 27 heavy (non-hydrogen) atoms. The van der Waals surface area contributed by atoms with Gasteiger partial charge in [0.05, 0.1) is 17.7 Å². The number of rotatable bonds is 5. The number of alkyl halides is 3. The van der Waals surface area contributed by atoms with Crippen LogP contribution in [0, 0.1) is 6.92 Å². The molecule has 0 bridgehead atoms. The Morgan fingerprint density at radius 3 is 2.48 bits per heavy atom. The Kier molecular flexibility index (Phi) is 4.57. The van der Waals surface area contributed by atoms with Gasteiger partial charge < -0.3 is 15.2 Å². The molecule has 1 unspecified atom stereocenters. The first-order chi connectivity index (χ1) is 12.5. The zero-order chi connectivity index (χ0) is 20.0. The average Bonchev–Trinajstić information content (AvgIpc) is 3.11. The third-order valence-corrected chi connectivity index (χ3v) is 4.80. The van der Waals surface area contributed by atoms with E-state index in [2.05, 4.69) is 4.98 Å². The van der Waals surface area contributed by atoms with Crippen molar-refractivity contribution in [2.75, 3.05) is 6.61 Å². The number of halogens is 3. The van der Waals surface area contributed by atoms with Gasteiger partial charge in [-0.2, -0.15) is 18.2 Å². The normalized spacial score (nSPS) is 16.7. The summed E-state index contributed by atoms with van der Waals surface area (Å²) in [5.74, 6) is -0.174. The van der Waals surface area contributed by atoms with Crippen LogP contribution >= 0.6 is 0 Å². The van der Waals surface area contributed by atoms with Crippen LogP contribution in [0.3, 0.4) is 0 Å². The van der Waals surface area contributed by atoms with E-state index in [1.165, 1.54) is 24.3 Å². The van der Waals surface area contributed by atoms with Gasteiger partial charge in [0.15, 0.2) is 11.8 Å².